The van der Waals surface area contributed by atoms with Gasteiger partial charge in [0, 0.05) is 26.2 Å². The third-order valence-corrected chi connectivity index (χ3v) is 1.19. The van der Waals surface area contributed by atoms with E-state index < -0.39 is 0 Å². The Morgan fingerprint density at radius 2 is 1.73 bits per heavy atom. The molecule has 66 valence electrons. The van der Waals surface area contributed by atoms with Gasteiger partial charge in [0.05, 0.1) is 6.61 Å². The lowest BCUT2D eigenvalue weighted by Gasteiger charge is -2.11. The highest BCUT2D eigenvalue weighted by Gasteiger charge is 1.91. The van der Waals surface area contributed by atoms with Crippen molar-refractivity contribution in [1.29, 1.82) is 0 Å². The van der Waals surface area contributed by atoms with Gasteiger partial charge in [-0.05, 0) is 6.92 Å². The van der Waals surface area contributed by atoms with Crippen molar-refractivity contribution in [2.45, 2.75) is 6.92 Å². The number of ether oxygens (including phenoxy) is 1. The summed E-state index contributed by atoms with van der Waals surface area (Å²) < 4.78 is 4.15. The smallest absolute Gasteiger partial charge is 0.293 e. The number of hydrogen-bond acceptors (Lipinski definition) is 4. The molecule has 0 amide bonds. The minimum absolute atomic E-state index is 0.431. The lowest BCUT2D eigenvalue weighted by Crippen LogP contribution is -2.39. The van der Waals surface area contributed by atoms with Crippen LogP contribution in [-0.2, 0) is 9.53 Å². The van der Waals surface area contributed by atoms with Gasteiger partial charge in [-0.3, -0.25) is 4.79 Å². The Bertz CT molecular complexity index is 73.0. The average Bonchev–Trinajstić information content (AvgIpc) is 2.10. The van der Waals surface area contributed by atoms with Crippen LogP contribution in [0.5, 0.6) is 0 Å². The predicted molar refractivity (Wildman–Crippen MR) is 43.4 cm³/mol. The molecule has 11 heavy (non-hydrogen) atoms. The van der Waals surface area contributed by atoms with Crippen molar-refractivity contribution in [3.63, 3.8) is 0 Å². The lowest BCUT2D eigenvalue weighted by molar-refractivity contribution is -0.128. The Balaban J connectivity index is 0.000000187. The van der Waals surface area contributed by atoms with E-state index in [9.17, 15) is 4.79 Å². The summed E-state index contributed by atoms with van der Waals surface area (Å²) in [5.41, 5.74) is 0. The number of piperazine rings is 1. The third kappa shape index (κ3) is 9.39. The van der Waals surface area contributed by atoms with E-state index in [1.165, 1.54) is 0 Å². The quantitative estimate of drug-likeness (QED) is 0.527. The highest BCUT2D eigenvalue weighted by Crippen LogP contribution is 1.65. The Morgan fingerprint density at radius 1 is 1.27 bits per heavy atom. The molecule has 1 heterocycles. The zero-order valence-electron chi connectivity index (χ0n) is 6.93. The second-order valence-electron chi connectivity index (χ2n) is 2.05. The molecule has 1 rings (SSSR count). The van der Waals surface area contributed by atoms with Gasteiger partial charge in [-0.1, -0.05) is 0 Å². The first-order valence-electron chi connectivity index (χ1n) is 3.88. The van der Waals surface area contributed by atoms with Crippen molar-refractivity contribution < 1.29 is 9.53 Å². The van der Waals surface area contributed by atoms with E-state index in [0.717, 1.165) is 26.2 Å². The molecule has 0 spiro atoms. The maximum Gasteiger partial charge on any atom is 0.293 e. The first-order chi connectivity index (χ1) is 5.41. The fourth-order valence-corrected chi connectivity index (χ4v) is 0.672. The molecule has 0 atom stereocenters. The van der Waals surface area contributed by atoms with Crippen molar-refractivity contribution in [1.82, 2.24) is 10.6 Å². The van der Waals surface area contributed by atoms with Crippen molar-refractivity contribution in [3.05, 3.63) is 0 Å². The molecule has 1 aliphatic rings. The first-order valence-corrected chi connectivity index (χ1v) is 3.88. The van der Waals surface area contributed by atoms with Gasteiger partial charge in [0.2, 0.25) is 0 Å². The summed E-state index contributed by atoms with van der Waals surface area (Å²) >= 11 is 0. The van der Waals surface area contributed by atoms with E-state index in [2.05, 4.69) is 15.4 Å². The zero-order valence-corrected chi connectivity index (χ0v) is 6.93. The summed E-state index contributed by atoms with van der Waals surface area (Å²) in [5.74, 6) is 0. The van der Waals surface area contributed by atoms with Crippen molar-refractivity contribution in [2.24, 2.45) is 0 Å². The van der Waals surface area contributed by atoms with Crippen LogP contribution in [0.1, 0.15) is 6.92 Å². The van der Waals surface area contributed by atoms with Gasteiger partial charge in [-0.25, -0.2) is 0 Å². The lowest BCUT2D eigenvalue weighted by atomic mass is 10.4. The van der Waals surface area contributed by atoms with Crippen LogP contribution >= 0.6 is 0 Å². The SMILES string of the molecule is C1CNCCN1.CCOC=O. The highest BCUT2D eigenvalue weighted by molar-refractivity contribution is 5.36. The zero-order chi connectivity index (χ0) is 8.36. The van der Waals surface area contributed by atoms with E-state index >= 15 is 0 Å². The van der Waals surface area contributed by atoms with Crippen LogP contribution in [-0.4, -0.2) is 39.3 Å². The van der Waals surface area contributed by atoms with Crippen LogP contribution < -0.4 is 10.6 Å². The monoisotopic (exact) mass is 160 g/mol. The summed E-state index contributed by atoms with van der Waals surface area (Å²) in [6.45, 7) is 7.22. The second-order valence-corrected chi connectivity index (χ2v) is 2.05. The van der Waals surface area contributed by atoms with Gasteiger partial charge in [-0.15, -0.1) is 0 Å². The van der Waals surface area contributed by atoms with E-state index in [1.54, 1.807) is 6.92 Å². The van der Waals surface area contributed by atoms with Crippen LogP contribution in [0.25, 0.3) is 0 Å². The van der Waals surface area contributed by atoms with E-state index in [1.807, 2.05) is 0 Å². The molecule has 0 aromatic rings. The van der Waals surface area contributed by atoms with Gasteiger partial charge in [-0.2, -0.15) is 0 Å². The van der Waals surface area contributed by atoms with Crippen molar-refractivity contribution in [3.8, 4) is 0 Å². The Labute approximate surface area is 67.3 Å². The van der Waals surface area contributed by atoms with E-state index in [0.29, 0.717) is 13.1 Å². The molecule has 1 fully saturated rings. The molecule has 0 bridgehead atoms. The minimum atomic E-state index is 0.431. The molecule has 0 unspecified atom stereocenters. The molecule has 0 radical (unpaired) electrons. The minimum Gasteiger partial charge on any atom is -0.468 e. The fraction of sp³-hybridized carbons (Fsp3) is 0.857. The standard InChI is InChI=1S/C4H10N2.C3H6O2/c1-2-6-4-3-5-1;1-2-5-3-4/h5-6H,1-4H2;3H,2H2,1H3. The molecule has 0 aliphatic carbocycles. The summed E-state index contributed by atoms with van der Waals surface area (Å²) in [6.07, 6.45) is 0. The molecule has 2 N–H and O–H groups in total. The maximum absolute atomic E-state index is 9.18. The van der Waals surface area contributed by atoms with Crippen molar-refractivity contribution in [2.75, 3.05) is 32.8 Å². The highest BCUT2D eigenvalue weighted by atomic mass is 16.5. The molecule has 1 saturated heterocycles. The van der Waals surface area contributed by atoms with Gasteiger partial charge >= 0.3 is 0 Å². The van der Waals surface area contributed by atoms with Crippen molar-refractivity contribution >= 4 is 6.47 Å². The van der Waals surface area contributed by atoms with Crippen LogP contribution in [0.2, 0.25) is 0 Å². The molecule has 0 aromatic heterocycles. The van der Waals surface area contributed by atoms with E-state index in [-0.39, 0.29) is 0 Å². The summed E-state index contributed by atoms with van der Waals surface area (Å²) in [6, 6.07) is 0. The third-order valence-electron chi connectivity index (χ3n) is 1.19. The molecule has 4 heteroatoms. The Kier molecular flexibility index (Phi) is 8.87. The number of rotatable bonds is 2. The van der Waals surface area contributed by atoms with Crippen LogP contribution in [0.4, 0.5) is 0 Å². The van der Waals surface area contributed by atoms with Gasteiger partial charge in [0.15, 0.2) is 0 Å². The van der Waals surface area contributed by atoms with E-state index in [4.69, 9.17) is 0 Å². The molecule has 0 aromatic carbocycles. The number of carbonyl (C=O) groups is 1. The van der Waals surface area contributed by atoms with Crippen LogP contribution in [0, 0.1) is 0 Å². The predicted octanol–water partition coefficient (Wildman–Crippen LogP) is -0.642. The summed E-state index contributed by atoms with van der Waals surface area (Å²) in [5, 5.41) is 6.44. The largest absolute Gasteiger partial charge is 0.468 e. The number of carbonyl (C=O) groups excluding carboxylic acids is 1. The second kappa shape index (κ2) is 9.39. The maximum atomic E-state index is 9.18. The molecule has 0 saturated carbocycles. The number of nitrogens with one attached hydrogen (secondary N) is 2. The number of hydrogen-bond donors (Lipinski definition) is 2. The summed E-state index contributed by atoms with van der Waals surface area (Å²) in [7, 11) is 0. The van der Waals surface area contributed by atoms with Gasteiger partial charge in [0.1, 0.15) is 0 Å². The Hall–Kier alpha value is -0.610. The van der Waals surface area contributed by atoms with Crippen LogP contribution in [0.3, 0.4) is 0 Å². The fourth-order valence-electron chi connectivity index (χ4n) is 0.672. The Morgan fingerprint density at radius 3 is 1.82 bits per heavy atom. The summed E-state index contributed by atoms with van der Waals surface area (Å²) in [4.78, 5) is 9.18. The van der Waals surface area contributed by atoms with Gasteiger partial charge in [0.25, 0.3) is 6.47 Å². The average molecular weight is 160 g/mol. The molecule has 4 nitrogen and oxygen atoms in total. The first kappa shape index (κ1) is 10.4. The normalized spacial score (nSPS) is 16.1. The topological polar surface area (TPSA) is 50.4 Å². The van der Waals surface area contributed by atoms with Crippen LogP contribution in [0.15, 0.2) is 0 Å². The molecular weight excluding hydrogens is 144 g/mol. The molecule has 1 aliphatic heterocycles. The molecular formula is C7H16N2O2. The van der Waals surface area contributed by atoms with Gasteiger partial charge < -0.3 is 15.4 Å².